The molecular weight excluding hydrogens is 576 g/mol. The summed E-state index contributed by atoms with van der Waals surface area (Å²) in [7, 11) is 1.21. The second-order valence-electron chi connectivity index (χ2n) is 7.20. The standard InChI is InChI=1S/C24H22BrClN2O7S/c1-4-34-18-9-13(8-16(25)21(18)35-5-2)10-19-22(30)28(24(32)36-19)12-20(29)27-14-6-7-17(26)15(11-14)23(31)33-3/h6-11H,4-5,12H2,1-3H3,(H,27,29)/b19-10+. The Morgan fingerprint density at radius 2 is 1.86 bits per heavy atom. The molecule has 1 fully saturated rings. The van der Waals surface area contributed by atoms with Gasteiger partial charge >= 0.3 is 5.97 Å². The van der Waals surface area contributed by atoms with Crippen molar-refractivity contribution in [3.05, 3.63) is 55.9 Å². The molecule has 3 rings (SSSR count). The van der Waals surface area contributed by atoms with Crippen molar-refractivity contribution in [3.63, 3.8) is 0 Å². The second-order valence-corrected chi connectivity index (χ2v) is 9.45. The van der Waals surface area contributed by atoms with Crippen molar-refractivity contribution in [1.82, 2.24) is 4.90 Å². The van der Waals surface area contributed by atoms with Crippen molar-refractivity contribution >= 4 is 74.1 Å². The summed E-state index contributed by atoms with van der Waals surface area (Å²) in [6, 6.07) is 7.71. The molecule has 9 nitrogen and oxygen atoms in total. The average molecular weight is 598 g/mol. The predicted octanol–water partition coefficient (Wildman–Crippen LogP) is 5.36. The van der Waals surface area contributed by atoms with Crippen LogP contribution < -0.4 is 14.8 Å². The van der Waals surface area contributed by atoms with Crippen LogP contribution in [0.25, 0.3) is 6.08 Å². The highest BCUT2D eigenvalue weighted by Crippen LogP contribution is 2.39. The highest BCUT2D eigenvalue weighted by molar-refractivity contribution is 9.10. The molecular formula is C24H22BrClN2O7S. The number of carbonyl (C=O) groups is 4. The first-order valence-electron chi connectivity index (χ1n) is 10.7. The van der Waals surface area contributed by atoms with E-state index in [1.807, 2.05) is 13.8 Å². The van der Waals surface area contributed by atoms with Gasteiger partial charge in [0.05, 0.1) is 40.3 Å². The largest absolute Gasteiger partial charge is 0.490 e. The summed E-state index contributed by atoms with van der Waals surface area (Å²) in [5, 5.41) is 2.13. The van der Waals surface area contributed by atoms with Gasteiger partial charge in [0.1, 0.15) is 6.54 Å². The molecule has 0 aliphatic carbocycles. The van der Waals surface area contributed by atoms with Gasteiger partial charge in [0.25, 0.3) is 11.1 Å². The lowest BCUT2D eigenvalue weighted by molar-refractivity contribution is -0.127. The fourth-order valence-corrected chi connectivity index (χ4v) is 4.83. The number of halogens is 2. The Balaban J connectivity index is 1.76. The first-order valence-corrected chi connectivity index (χ1v) is 12.7. The minimum absolute atomic E-state index is 0.0685. The summed E-state index contributed by atoms with van der Waals surface area (Å²) in [6.07, 6.45) is 1.55. The number of hydrogen-bond acceptors (Lipinski definition) is 8. The minimum Gasteiger partial charge on any atom is -0.490 e. The zero-order valence-corrected chi connectivity index (χ0v) is 22.7. The van der Waals surface area contributed by atoms with Crippen molar-refractivity contribution in [2.75, 3.05) is 32.2 Å². The van der Waals surface area contributed by atoms with Crippen molar-refractivity contribution in [1.29, 1.82) is 0 Å². The molecule has 12 heteroatoms. The molecule has 190 valence electrons. The van der Waals surface area contributed by atoms with Crippen LogP contribution in [0, 0.1) is 0 Å². The van der Waals surface area contributed by atoms with Crippen LogP contribution in [0.5, 0.6) is 11.5 Å². The molecule has 0 atom stereocenters. The summed E-state index contributed by atoms with van der Waals surface area (Å²) in [5.74, 6) is -0.860. The molecule has 0 bridgehead atoms. The third-order valence-corrected chi connectivity index (χ3v) is 6.57. The maximum absolute atomic E-state index is 12.9. The summed E-state index contributed by atoms with van der Waals surface area (Å²) < 4.78 is 16.6. The van der Waals surface area contributed by atoms with Gasteiger partial charge in [0.15, 0.2) is 11.5 Å². The highest BCUT2D eigenvalue weighted by atomic mass is 79.9. The van der Waals surface area contributed by atoms with Crippen LogP contribution in [0.2, 0.25) is 5.02 Å². The molecule has 1 saturated heterocycles. The zero-order valence-electron chi connectivity index (χ0n) is 19.6. The fraction of sp³-hybridized carbons (Fsp3) is 0.250. The number of amides is 3. The number of rotatable bonds is 9. The number of thioether (sulfide) groups is 1. The lowest BCUT2D eigenvalue weighted by Crippen LogP contribution is -2.36. The Morgan fingerprint density at radius 1 is 1.14 bits per heavy atom. The molecule has 3 amide bonds. The maximum atomic E-state index is 12.9. The van der Waals surface area contributed by atoms with Crippen LogP contribution >= 0.6 is 39.3 Å². The van der Waals surface area contributed by atoms with Crippen LogP contribution in [0.15, 0.2) is 39.7 Å². The van der Waals surface area contributed by atoms with E-state index in [0.29, 0.717) is 34.7 Å². The van der Waals surface area contributed by atoms with Crippen LogP contribution in [-0.4, -0.2) is 54.8 Å². The lowest BCUT2D eigenvalue weighted by Gasteiger charge is -2.14. The molecule has 2 aromatic rings. The predicted molar refractivity (Wildman–Crippen MR) is 141 cm³/mol. The van der Waals surface area contributed by atoms with E-state index >= 15 is 0 Å². The van der Waals surface area contributed by atoms with Gasteiger partial charge in [-0.3, -0.25) is 19.3 Å². The van der Waals surface area contributed by atoms with E-state index in [9.17, 15) is 19.2 Å². The Kier molecular flexibility index (Phi) is 9.41. The fourth-order valence-electron chi connectivity index (χ4n) is 3.22. The van der Waals surface area contributed by atoms with E-state index in [2.05, 4.69) is 26.0 Å². The second kappa shape index (κ2) is 12.3. The minimum atomic E-state index is -0.666. The SMILES string of the molecule is CCOc1cc(/C=C2/SC(=O)N(CC(=O)Nc3ccc(Cl)c(C(=O)OC)c3)C2=O)cc(Br)c1OCC. The summed E-state index contributed by atoms with van der Waals surface area (Å²) >= 11 is 10.2. The van der Waals surface area contributed by atoms with Gasteiger partial charge in [0.2, 0.25) is 5.91 Å². The Labute approximate surface area is 225 Å². The van der Waals surface area contributed by atoms with E-state index in [1.54, 1.807) is 18.2 Å². The molecule has 1 N–H and O–H groups in total. The van der Waals surface area contributed by atoms with Crippen molar-refractivity contribution in [2.24, 2.45) is 0 Å². The topological polar surface area (TPSA) is 111 Å². The van der Waals surface area contributed by atoms with Crippen LogP contribution in [0.4, 0.5) is 10.5 Å². The first kappa shape index (κ1) is 27.6. The van der Waals surface area contributed by atoms with Gasteiger partial charge in [-0.1, -0.05) is 11.6 Å². The molecule has 0 unspecified atom stereocenters. The number of imide groups is 1. The summed E-state index contributed by atoms with van der Waals surface area (Å²) in [6.45, 7) is 4.05. The third-order valence-electron chi connectivity index (χ3n) is 4.75. The van der Waals surface area contributed by atoms with Gasteiger partial charge in [-0.15, -0.1) is 0 Å². The number of benzene rings is 2. The number of anilines is 1. The monoisotopic (exact) mass is 596 g/mol. The number of ether oxygens (including phenoxy) is 3. The Morgan fingerprint density at radius 3 is 2.53 bits per heavy atom. The van der Waals surface area contributed by atoms with Gasteiger partial charge in [-0.05, 0) is 83.5 Å². The van der Waals surface area contributed by atoms with E-state index < -0.39 is 29.6 Å². The van der Waals surface area contributed by atoms with Crippen LogP contribution in [0.3, 0.4) is 0 Å². The Bertz CT molecular complexity index is 1250. The smallest absolute Gasteiger partial charge is 0.339 e. The van der Waals surface area contributed by atoms with E-state index in [1.165, 1.54) is 25.3 Å². The van der Waals surface area contributed by atoms with Crippen molar-refractivity contribution in [3.8, 4) is 11.5 Å². The van der Waals surface area contributed by atoms with E-state index in [-0.39, 0.29) is 21.2 Å². The van der Waals surface area contributed by atoms with Crippen LogP contribution in [-0.2, 0) is 14.3 Å². The lowest BCUT2D eigenvalue weighted by atomic mass is 10.2. The molecule has 0 radical (unpaired) electrons. The van der Waals surface area contributed by atoms with Crippen molar-refractivity contribution in [2.45, 2.75) is 13.8 Å². The molecule has 36 heavy (non-hydrogen) atoms. The number of nitrogens with one attached hydrogen (secondary N) is 1. The maximum Gasteiger partial charge on any atom is 0.339 e. The molecule has 1 aliphatic heterocycles. The summed E-state index contributed by atoms with van der Waals surface area (Å²) in [5.41, 5.74) is 0.939. The summed E-state index contributed by atoms with van der Waals surface area (Å²) in [4.78, 5) is 50.7. The highest BCUT2D eigenvalue weighted by Gasteiger charge is 2.36. The normalized spacial score (nSPS) is 14.2. The number of methoxy groups -OCH3 is 1. The number of nitrogens with zero attached hydrogens (tertiary/aromatic N) is 1. The van der Waals surface area contributed by atoms with Crippen LogP contribution in [0.1, 0.15) is 29.8 Å². The zero-order chi connectivity index (χ0) is 26.4. The average Bonchev–Trinajstić information content (AvgIpc) is 3.09. The van der Waals surface area contributed by atoms with Crippen molar-refractivity contribution < 1.29 is 33.4 Å². The molecule has 2 aromatic carbocycles. The van der Waals surface area contributed by atoms with Gasteiger partial charge in [-0.2, -0.15) is 0 Å². The van der Waals surface area contributed by atoms with Gasteiger partial charge in [-0.25, -0.2) is 4.79 Å². The van der Waals surface area contributed by atoms with Gasteiger partial charge in [0, 0.05) is 5.69 Å². The number of carbonyl (C=O) groups excluding carboxylic acids is 4. The molecule has 0 saturated carbocycles. The first-order chi connectivity index (χ1) is 17.2. The van der Waals surface area contributed by atoms with E-state index in [0.717, 1.165) is 16.7 Å². The molecule has 1 aliphatic rings. The quantitative estimate of drug-likeness (QED) is 0.304. The third kappa shape index (κ3) is 6.40. The van der Waals surface area contributed by atoms with E-state index in [4.69, 9.17) is 21.1 Å². The molecule has 0 aromatic heterocycles. The molecule has 0 spiro atoms. The Hall–Kier alpha value is -3.02. The van der Waals surface area contributed by atoms with Gasteiger partial charge < -0.3 is 19.5 Å². The number of esters is 1. The number of hydrogen-bond donors (Lipinski definition) is 1. The molecule has 1 heterocycles.